The Morgan fingerprint density at radius 2 is 1.94 bits per heavy atom. The van der Waals surface area contributed by atoms with E-state index in [2.05, 4.69) is 19.2 Å². The Bertz CT molecular complexity index is 330. The summed E-state index contributed by atoms with van der Waals surface area (Å²) in [5, 5.41) is 3.27. The second-order valence-corrected chi connectivity index (χ2v) is 4.04. The molecule has 0 fully saturated rings. The molecule has 0 atom stereocenters. The predicted molar refractivity (Wildman–Crippen MR) is 65.1 cm³/mol. The Balaban J connectivity index is 2.35. The highest BCUT2D eigenvalue weighted by atomic mass is 16.5. The molecule has 1 N–H and O–H groups in total. The number of carbonyl (C=O) groups is 1. The molecule has 3 nitrogen and oxygen atoms in total. The molecule has 0 aliphatic heterocycles. The van der Waals surface area contributed by atoms with Gasteiger partial charge >= 0.3 is 0 Å². The maximum absolute atomic E-state index is 11.0. The standard InChI is InChI=1S/C13H19NO2/c1-10(2)14-8-9-16-13-6-4-12(5-7-13)11(3)15/h4-7,10,14H,8-9H2,1-3H3. The molecule has 0 aromatic heterocycles. The van der Waals surface area contributed by atoms with E-state index < -0.39 is 0 Å². The van der Waals surface area contributed by atoms with E-state index in [1.54, 1.807) is 19.1 Å². The summed E-state index contributed by atoms with van der Waals surface area (Å²) in [6.45, 7) is 7.22. The number of nitrogens with one attached hydrogen (secondary N) is 1. The molecule has 0 aliphatic rings. The molecule has 1 aromatic carbocycles. The van der Waals surface area contributed by atoms with Crippen molar-refractivity contribution in [3.63, 3.8) is 0 Å². The van der Waals surface area contributed by atoms with E-state index in [1.165, 1.54) is 0 Å². The van der Waals surface area contributed by atoms with Crippen molar-refractivity contribution >= 4 is 5.78 Å². The third kappa shape index (κ3) is 4.45. The summed E-state index contributed by atoms with van der Waals surface area (Å²) in [5.74, 6) is 0.878. The molecule has 0 saturated heterocycles. The average Bonchev–Trinajstić information content (AvgIpc) is 2.25. The van der Waals surface area contributed by atoms with Crippen LogP contribution in [0.2, 0.25) is 0 Å². The molecule has 3 heteroatoms. The van der Waals surface area contributed by atoms with E-state index in [4.69, 9.17) is 4.74 Å². The van der Waals surface area contributed by atoms with Gasteiger partial charge in [0.15, 0.2) is 5.78 Å². The predicted octanol–water partition coefficient (Wildman–Crippen LogP) is 2.27. The van der Waals surface area contributed by atoms with Gasteiger partial charge in [0, 0.05) is 18.2 Å². The summed E-state index contributed by atoms with van der Waals surface area (Å²) in [4.78, 5) is 11.0. The molecular weight excluding hydrogens is 202 g/mol. The molecule has 16 heavy (non-hydrogen) atoms. The van der Waals surface area contributed by atoms with Gasteiger partial charge in [-0.05, 0) is 31.2 Å². The van der Waals surface area contributed by atoms with Gasteiger partial charge in [0.1, 0.15) is 12.4 Å². The third-order valence-corrected chi connectivity index (χ3v) is 2.18. The molecule has 0 spiro atoms. The van der Waals surface area contributed by atoms with Crippen LogP contribution >= 0.6 is 0 Å². The quantitative estimate of drug-likeness (QED) is 0.591. The van der Waals surface area contributed by atoms with Crippen LogP contribution in [0, 0.1) is 0 Å². The van der Waals surface area contributed by atoms with Crippen molar-refractivity contribution in [1.82, 2.24) is 5.32 Å². The Morgan fingerprint density at radius 1 is 1.31 bits per heavy atom. The lowest BCUT2D eigenvalue weighted by Gasteiger charge is -2.09. The van der Waals surface area contributed by atoms with Crippen LogP contribution in [0.3, 0.4) is 0 Å². The average molecular weight is 221 g/mol. The van der Waals surface area contributed by atoms with Gasteiger partial charge in [-0.15, -0.1) is 0 Å². The number of ether oxygens (including phenoxy) is 1. The van der Waals surface area contributed by atoms with Crippen LogP contribution in [-0.4, -0.2) is 25.0 Å². The van der Waals surface area contributed by atoms with Crippen LogP contribution in [0.25, 0.3) is 0 Å². The molecule has 0 radical (unpaired) electrons. The molecule has 0 heterocycles. The van der Waals surface area contributed by atoms with E-state index in [-0.39, 0.29) is 5.78 Å². The van der Waals surface area contributed by atoms with Crippen LogP contribution in [0.1, 0.15) is 31.1 Å². The lowest BCUT2D eigenvalue weighted by molar-refractivity contribution is 0.101. The Kier molecular flexibility index (Phi) is 4.99. The fourth-order valence-electron chi connectivity index (χ4n) is 1.30. The highest BCUT2D eigenvalue weighted by molar-refractivity contribution is 5.94. The first-order valence-electron chi connectivity index (χ1n) is 5.57. The van der Waals surface area contributed by atoms with Crippen molar-refractivity contribution in [2.24, 2.45) is 0 Å². The fraction of sp³-hybridized carbons (Fsp3) is 0.462. The number of carbonyl (C=O) groups excluding carboxylic acids is 1. The second-order valence-electron chi connectivity index (χ2n) is 4.04. The highest BCUT2D eigenvalue weighted by Crippen LogP contribution is 2.12. The zero-order chi connectivity index (χ0) is 12.0. The number of benzene rings is 1. The monoisotopic (exact) mass is 221 g/mol. The van der Waals surface area contributed by atoms with Gasteiger partial charge in [-0.25, -0.2) is 0 Å². The van der Waals surface area contributed by atoms with Gasteiger partial charge in [0.25, 0.3) is 0 Å². The van der Waals surface area contributed by atoms with E-state index >= 15 is 0 Å². The van der Waals surface area contributed by atoms with Gasteiger partial charge in [0.2, 0.25) is 0 Å². The summed E-state index contributed by atoms with van der Waals surface area (Å²) in [6, 6.07) is 7.70. The number of Topliss-reactive ketones (excluding diaryl/α,β-unsaturated/α-hetero) is 1. The van der Waals surface area contributed by atoms with E-state index in [9.17, 15) is 4.79 Å². The largest absolute Gasteiger partial charge is 0.492 e. The molecule has 88 valence electrons. The molecule has 0 saturated carbocycles. The first kappa shape index (κ1) is 12.7. The fourth-order valence-corrected chi connectivity index (χ4v) is 1.30. The summed E-state index contributed by atoms with van der Waals surface area (Å²) in [6.07, 6.45) is 0. The third-order valence-electron chi connectivity index (χ3n) is 2.18. The van der Waals surface area contributed by atoms with Gasteiger partial charge < -0.3 is 10.1 Å². The molecule has 0 unspecified atom stereocenters. The SMILES string of the molecule is CC(=O)c1ccc(OCCNC(C)C)cc1. The van der Waals surface area contributed by atoms with E-state index in [0.717, 1.165) is 12.3 Å². The van der Waals surface area contributed by atoms with Crippen molar-refractivity contribution in [1.29, 1.82) is 0 Å². The first-order chi connectivity index (χ1) is 7.59. The molecule has 0 amide bonds. The van der Waals surface area contributed by atoms with Crippen LogP contribution in [0.5, 0.6) is 5.75 Å². The van der Waals surface area contributed by atoms with Gasteiger partial charge in [-0.3, -0.25) is 4.79 Å². The molecule has 0 aliphatic carbocycles. The van der Waals surface area contributed by atoms with Crippen LogP contribution in [0.15, 0.2) is 24.3 Å². The molecular formula is C13H19NO2. The van der Waals surface area contributed by atoms with Crippen molar-refractivity contribution in [3.8, 4) is 5.75 Å². The lowest BCUT2D eigenvalue weighted by atomic mass is 10.1. The minimum absolute atomic E-state index is 0.0769. The second kappa shape index (κ2) is 6.28. The summed E-state index contributed by atoms with van der Waals surface area (Å²) in [7, 11) is 0. The maximum atomic E-state index is 11.0. The topological polar surface area (TPSA) is 38.3 Å². The first-order valence-corrected chi connectivity index (χ1v) is 5.57. The minimum atomic E-state index is 0.0769. The van der Waals surface area contributed by atoms with Crippen LogP contribution in [0.4, 0.5) is 0 Å². The summed E-state index contributed by atoms with van der Waals surface area (Å²) >= 11 is 0. The van der Waals surface area contributed by atoms with Gasteiger partial charge in [-0.1, -0.05) is 13.8 Å². The molecule has 0 bridgehead atoms. The smallest absolute Gasteiger partial charge is 0.159 e. The van der Waals surface area contributed by atoms with Gasteiger partial charge in [0.05, 0.1) is 0 Å². The van der Waals surface area contributed by atoms with Crippen molar-refractivity contribution in [3.05, 3.63) is 29.8 Å². The van der Waals surface area contributed by atoms with Crippen molar-refractivity contribution < 1.29 is 9.53 Å². The zero-order valence-corrected chi connectivity index (χ0v) is 10.1. The number of hydrogen-bond acceptors (Lipinski definition) is 3. The van der Waals surface area contributed by atoms with Gasteiger partial charge in [-0.2, -0.15) is 0 Å². The Hall–Kier alpha value is -1.35. The van der Waals surface area contributed by atoms with E-state index in [0.29, 0.717) is 18.2 Å². The molecule has 1 rings (SSSR count). The minimum Gasteiger partial charge on any atom is -0.492 e. The summed E-state index contributed by atoms with van der Waals surface area (Å²) < 4.78 is 5.52. The number of ketones is 1. The normalized spacial score (nSPS) is 10.5. The van der Waals surface area contributed by atoms with Crippen molar-refractivity contribution in [2.45, 2.75) is 26.8 Å². The van der Waals surface area contributed by atoms with Crippen LogP contribution < -0.4 is 10.1 Å². The Labute approximate surface area is 96.8 Å². The van der Waals surface area contributed by atoms with Crippen LogP contribution in [-0.2, 0) is 0 Å². The lowest BCUT2D eigenvalue weighted by Crippen LogP contribution is -2.27. The zero-order valence-electron chi connectivity index (χ0n) is 10.1. The number of rotatable bonds is 6. The highest BCUT2D eigenvalue weighted by Gasteiger charge is 1.99. The maximum Gasteiger partial charge on any atom is 0.159 e. The summed E-state index contributed by atoms with van der Waals surface area (Å²) in [5.41, 5.74) is 0.715. The molecule has 1 aromatic rings. The van der Waals surface area contributed by atoms with Crippen molar-refractivity contribution in [2.75, 3.05) is 13.2 Å². The Morgan fingerprint density at radius 3 is 2.44 bits per heavy atom. The number of hydrogen-bond donors (Lipinski definition) is 1. The van der Waals surface area contributed by atoms with E-state index in [1.807, 2.05) is 12.1 Å².